The van der Waals surface area contributed by atoms with Crippen LogP contribution < -0.4 is 0 Å². The number of carbonyl (C=O) groups is 1. The van der Waals surface area contributed by atoms with Crippen LogP contribution in [0, 0.1) is 23.2 Å². The monoisotopic (exact) mass is 573 g/mol. The summed E-state index contributed by atoms with van der Waals surface area (Å²) in [6, 6.07) is 10.4. The molecule has 42 heavy (non-hydrogen) atoms. The van der Waals surface area contributed by atoms with E-state index >= 15 is 0 Å². The predicted octanol–water partition coefficient (Wildman–Crippen LogP) is 6.77. The zero-order valence-electron chi connectivity index (χ0n) is 24.9. The number of fused-ring (bicyclic) bond motifs is 9. The van der Waals surface area contributed by atoms with Gasteiger partial charge in [0.1, 0.15) is 6.10 Å². The van der Waals surface area contributed by atoms with E-state index in [0.29, 0.717) is 19.4 Å². The molecule has 4 heterocycles. The number of benzene rings is 1. The molecule has 9 atom stereocenters. The number of allylic oxidation sites excluding steroid dienone is 1. The Kier molecular flexibility index (Phi) is 10.1. The molecule has 0 N–H and O–H groups in total. The van der Waals surface area contributed by atoms with Gasteiger partial charge in [-0.1, -0.05) is 62.4 Å². The highest BCUT2D eigenvalue weighted by Gasteiger charge is 2.43. The van der Waals surface area contributed by atoms with Gasteiger partial charge in [0.25, 0.3) is 0 Å². The number of hydrogen-bond acceptors (Lipinski definition) is 7. The molecular weight excluding hydrogens is 530 g/mol. The molecule has 0 radical (unpaired) electrons. The second-order valence-corrected chi connectivity index (χ2v) is 12.2. The number of ether oxygens (including phenoxy) is 5. The van der Waals surface area contributed by atoms with Gasteiger partial charge in [0, 0.05) is 36.0 Å². The van der Waals surface area contributed by atoms with Gasteiger partial charge in [0.15, 0.2) is 6.29 Å². The van der Waals surface area contributed by atoms with Crippen molar-refractivity contribution in [2.24, 2.45) is 11.8 Å². The van der Waals surface area contributed by atoms with Crippen LogP contribution in [0.3, 0.4) is 0 Å². The first-order valence-electron chi connectivity index (χ1n) is 15.2. The Morgan fingerprint density at radius 1 is 1.02 bits per heavy atom. The van der Waals surface area contributed by atoms with E-state index in [2.05, 4.69) is 43.9 Å². The lowest BCUT2D eigenvalue weighted by Gasteiger charge is -2.44. The Labute approximate surface area is 249 Å². The fourth-order valence-electron chi connectivity index (χ4n) is 6.73. The molecule has 4 aliphatic heterocycles. The quantitative estimate of drug-likeness (QED) is 0.208. The van der Waals surface area contributed by atoms with Crippen molar-refractivity contribution in [2.75, 3.05) is 6.61 Å². The first-order valence-corrected chi connectivity index (χ1v) is 15.2. The van der Waals surface area contributed by atoms with Gasteiger partial charge in [-0.15, -0.1) is 0 Å². The molecule has 224 valence electrons. The molecule has 5 rings (SSSR count). The molecule has 0 saturated carbocycles. The van der Waals surface area contributed by atoms with Crippen molar-refractivity contribution < 1.29 is 28.5 Å². The molecule has 0 amide bonds. The molecule has 0 aromatic heterocycles. The Balaban J connectivity index is 1.43. The average Bonchev–Trinajstić information content (AvgIpc) is 2.96. The summed E-state index contributed by atoms with van der Waals surface area (Å²) in [5, 5.41) is 9.29. The summed E-state index contributed by atoms with van der Waals surface area (Å²) in [5.41, 5.74) is 4.03. The molecule has 9 unspecified atom stereocenters. The summed E-state index contributed by atoms with van der Waals surface area (Å²) in [7, 11) is 0. The third-order valence-electron chi connectivity index (χ3n) is 8.90. The van der Waals surface area contributed by atoms with Gasteiger partial charge in [0.05, 0.1) is 43.2 Å². The van der Waals surface area contributed by atoms with Gasteiger partial charge < -0.3 is 23.7 Å². The Morgan fingerprint density at radius 2 is 1.83 bits per heavy atom. The van der Waals surface area contributed by atoms with Crippen molar-refractivity contribution in [1.29, 1.82) is 5.26 Å². The van der Waals surface area contributed by atoms with Crippen molar-refractivity contribution in [2.45, 2.75) is 102 Å². The summed E-state index contributed by atoms with van der Waals surface area (Å²) in [6.07, 6.45) is 12.2. The van der Waals surface area contributed by atoms with E-state index in [-0.39, 0.29) is 54.4 Å². The molecule has 1 aromatic rings. The molecule has 7 heteroatoms. The lowest BCUT2D eigenvalue weighted by Crippen LogP contribution is -2.50. The number of nitriles is 1. The second-order valence-electron chi connectivity index (χ2n) is 12.2. The largest absolute Gasteiger partial charge is 0.458 e. The standard InChI is InChI=1S/C35H43NO6/c1-22-18-28-11-7-13-32(37)42-34-24(3)31(41-33(25(34)4)23(2)14-16-36)12-6-9-26-8-5-10-27(20-26)35-38-17-15-29(40-35)21-30(19-22)39-28/h5-10,13-14,20,24-25,28-31,33-35H,1,11-12,15,17-19,21H2,2-4H3. The third kappa shape index (κ3) is 7.48. The van der Waals surface area contributed by atoms with E-state index in [4.69, 9.17) is 23.7 Å². The third-order valence-corrected chi connectivity index (χ3v) is 8.90. The average molecular weight is 574 g/mol. The number of carbonyl (C=O) groups excluding carboxylic acids is 1. The van der Waals surface area contributed by atoms with Crippen LogP contribution in [-0.4, -0.2) is 49.2 Å². The highest BCUT2D eigenvalue weighted by molar-refractivity contribution is 5.82. The minimum Gasteiger partial charge on any atom is -0.458 e. The summed E-state index contributed by atoms with van der Waals surface area (Å²) < 4.78 is 31.5. The van der Waals surface area contributed by atoms with Crippen molar-refractivity contribution in [3.05, 3.63) is 77.4 Å². The van der Waals surface area contributed by atoms with E-state index in [1.165, 1.54) is 12.2 Å². The normalized spacial score (nSPS) is 36.3. The summed E-state index contributed by atoms with van der Waals surface area (Å²) in [6.45, 7) is 10.9. The van der Waals surface area contributed by atoms with E-state index in [0.717, 1.165) is 48.0 Å². The summed E-state index contributed by atoms with van der Waals surface area (Å²) in [4.78, 5) is 13.0. The Morgan fingerprint density at radius 3 is 2.67 bits per heavy atom. The maximum Gasteiger partial charge on any atom is 0.330 e. The Bertz CT molecular complexity index is 1260. The van der Waals surface area contributed by atoms with Gasteiger partial charge in [0.2, 0.25) is 0 Å². The summed E-state index contributed by atoms with van der Waals surface area (Å²) >= 11 is 0. The van der Waals surface area contributed by atoms with Crippen LogP contribution >= 0.6 is 0 Å². The highest BCUT2D eigenvalue weighted by atomic mass is 16.7. The Hall–Kier alpha value is -3.02. The van der Waals surface area contributed by atoms with Crippen LogP contribution in [0.1, 0.15) is 76.7 Å². The minimum atomic E-state index is -0.417. The molecule has 7 nitrogen and oxygen atoms in total. The maximum absolute atomic E-state index is 13.0. The summed E-state index contributed by atoms with van der Waals surface area (Å²) in [5.74, 6) is -0.517. The van der Waals surface area contributed by atoms with Gasteiger partial charge in [-0.25, -0.2) is 4.79 Å². The highest BCUT2D eigenvalue weighted by Crippen LogP contribution is 2.38. The molecular formula is C35H43NO6. The molecule has 0 spiro atoms. The molecule has 8 bridgehead atoms. The SMILES string of the molecule is C=C1CC2CC=CC(=O)OC3C(C)C(CC=Cc4cccc(c4)C4OCCC(CC(C1)O2)O4)OC(C(C)=CC#N)C3C. The van der Waals surface area contributed by atoms with Gasteiger partial charge in [-0.05, 0) is 56.2 Å². The fraction of sp³-hybridized carbons (Fsp3) is 0.543. The lowest BCUT2D eigenvalue weighted by molar-refractivity contribution is -0.225. The maximum atomic E-state index is 13.0. The molecule has 4 aliphatic rings. The van der Waals surface area contributed by atoms with Crippen molar-refractivity contribution in [3.63, 3.8) is 0 Å². The number of rotatable bonds is 1. The first kappa shape index (κ1) is 30.4. The minimum absolute atomic E-state index is 0.0197. The molecule has 3 fully saturated rings. The zero-order valence-corrected chi connectivity index (χ0v) is 24.9. The van der Waals surface area contributed by atoms with Crippen molar-refractivity contribution in [1.82, 2.24) is 0 Å². The number of nitrogens with zero attached hydrogens (tertiary/aromatic N) is 1. The van der Waals surface area contributed by atoms with E-state index < -0.39 is 6.29 Å². The predicted molar refractivity (Wildman–Crippen MR) is 160 cm³/mol. The van der Waals surface area contributed by atoms with Crippen LogP contribution in [0.2, 0.25) is 0 Å². The van der Waals surface area contributed by atoms with Crippen LogP contribution in [0.15, 0.2) is 66.3 Å². The number of esters is 1. The lowest BCUT2D eigenvalue weighted by atomic mass is 9.79. The van der Waals surface area contributed by atoms with Crippen molar-refractivity contribution >= 4 is 12.0 Å². The molecule has 0 aliphatic carbocycles. The zero-order chi connectivity index (χ0) is 29.6. The van der Waals surface area contributed by atoms with E-state index in [9.17, 15) is 10.1 Å². The number of hydrogen-bond donors (Lipinski definition) is 0. The molecule has 1 aromatic carbocycles. The van der Waals surface area contributed by atoms with Crippen molar-refractivity contribution in [3.8, 4) is 6.07 Å². The smallest absolute Gasteiger partial charge is 0.330 e. The van der Waals surface area contributed by atoms with Crippen LogP contribution in [0.4, 0.5) is 0 Å². The first-order chi connectivity index (χ1) is 20.3. The van der Waals surface area contributed by atoms with Crippen LogP contribution in [-0.2, 0) is 28.5 Å². The van der Waals surface area contributed by atoms with Gasteiger partial charge in [-0.2, -0.15) is 5.26 Å². The second kappa shape index (κ2) is 14.0. The van der Waals surface area contributed by atoms with Gasteiger partial charge in [-0.3, -0.25) is 0 Å². The van der Waals surface area contributed by atoms with Gasteiger partial charge >= 0.3 is 5.97 Å². The fourth-order valence-corrected chi connectivity index (χ4v) is 6.73. The molecule has 3 saturated heterocycles. The topological polar surface area (TPSA) is 87.0 Å². The van der Waals surface area contributed by atoms with E-state index in [1.807, 2.05) is 32.1 Å². The van der Waals surface area contributed by atoms with Crippen LogP contribution in [0.5, 0.6) is 0 Å². The van der Waals surface area contributed by atoms with Crippen LogP contribution in [0.25, 0.3) is 6.08 Å². The van der Waals surface area contributed by atoms with E-state index in [1.54, 1.807) is 0 Å².